The number of hydrogen-bond donors (Lipinski definition) is 0. The minimum atomic E-state index is -3.69. The summed E-state index contributed by atoms with van der Waals surface area (Å²) >= 11 is 7.26. The predicted molar refractivity (Wildman–Crippen MR) is 116 cm³/mol. The molecule has 2 saturated heterocycles. The van der Waals surface area contributed by atoms with E-state index in [9.17, 15) is 21.6 Å². The van der Waals surface area contributed by atoms with Gasteiger partial charge in [0.1, 0.15) is 10.7 Å². The van der Waals surface area contributed by atoms with Crippen LogP contribution in [0, 0.1) is 0 Å². The van der Waals surface area contributed by atoms with E-state index >= 15 is 0 Å². The molecule has 1 aromatic carbocycles. The van der Waals surface area contributed by atoms with Crippen LogP contribution in [0.5, 0.6) is 0 Å². The van der Waals surface area contributed by atoms with E-state index in [1.165, 1.54) is 15.6 Å². The number of carbonyl (C=O) groups excluding carboxylic acids is 1. The molecular formula is C18H20ClN3O5S3. The zero-order chi connectivity index (χ0) is 21.5. The van der Waals surface area contributed by atoms with Crippen LogP contribution >= 0.6 is 22.9 Å². The van der Waals surface area contributed by atoms with Crippen molar-refractivity contribution in [3.8, 4) is 10.6 Å². The molecule has 162 valence electrons. The summed E-state index contributed by atoms with van der Waals surface area (Å²) in [5, 5.41) is 2.14. The van der Waals surface area contributed by atoms with Gasteiger partial charge < -0.3 is 4.90 Å². The van der Waals surface area contributed by atoms with Crippen LogP contribution < -0.4 is 0 Å². The van der Waals surface area contributed by atoms with Crippen molar-refractivity contribution >= 4 is 48.7 Å². The Labute approximate surface area is 184 Å². The summed E-state index contributed by atoms with van der Waals surface area (Å²) in [5.41, 5.74) is 1.19. The minimum Gasteiger partial charge on any atom is -0.335 e. The number of aromatic nitrogens is 1. The van der Waals surface area contributed by atoms with Crippen molar-refractivity contribution in [1.82, 2.24) is 14.2 Å². The van der Waals surface area contributed by atoms with Gasteiger partial charge in [-0.05, 0) is 18.6 Å². The topological polar surface area (TPSA) is 105 Å². The molecule has 1 aromatic heterocycles. The molecule has 0 N–H and O–H groups in total. The number of benzene rings is 1. The summed E-state index contributed by atoms with van der Waals surface area (Å²) in [6.45, 7) is 0.786. The van der Waals surface area contributed by atoms with Gasteiger partial charge in [0.25, 0.3) is 5.91 Å². The van der Waals surface area contributed by atoms with Gasteiger partial charge in [-0.25, -0.2) is 21.8 Å². The molecule has 2 aliphatic heterocycles. The minimum absolute atomic E-state index is 0.0882. The number of nitrogens with zero attached hydrogens (tertiary/aromatic N) is 3. The Kier molecular flexibility index (Phi) is 5.92. The highest BCUT2D eigenvalue weighted by Gasteiger charge is 2.41. The van der Waals surface area contributed by atoms with Crippen LogP contribution in [0.4, 0.5) is 0 Å². The summed E-state index contributed by atoms with van der Waals surface area (Å²) in [7, 11) is -6.98. The van der Waals surface area contributed by atoms with Gasteiger partial charge in [0, 0.05) is 42.1 Å². The number of sulfonamides is 1. The normalized spacial score (nSPS) is 22.3. The second kappa shape index (κ2) is 8.19. The fourth-order valence-electron chi connectivity index (χ4n) is 3.61. The third kappa shape index (κ3) is 4.40. The van der Waals surface area contributed by atoms with Crippen LogP contribution in [0.3, 0.4) is 0 Å². The summed E-state index contributed by atoms with van der Waals surface area (Å²) < 4.78 is 50.1. The van der Waals surface area contributed by atoms with Crippen LogP contribution in [0.2, 0.25) is 5.02 Å². The Bertz CT molecular complexity index is 1150. The maximum absolute atomic E-state index is 12.8. The lowest BCUT2D eigenvalue weighted by Gasteiger charge is -2.34. The smallest absolute Gasteiger partial charge is 0.273 e. The summed E-state index contributed by atoms with van der Waals surface area (Å²) in [6, 6.07) is 7.19. The van der Waals surface area contributed by atoms with Crippen molar-refractivity contribution in [3.05, 3.63) is 40.4 Å². The number of sulfone groups is 1. The van der Waals surface area contributed by atoms with E-state index in [-0.39, 0.29) is 50.0 Å². The van der Waals surface area contributed by atoms with E-state index in [2.05, 4.69) is 4.98 Å². The lowest BCUT2D eigenvalue weighted by atomic mass is 10.2. The van der Waals surface area contributed by atoms with Crippen molar-refractivity contribution in [3.63, 3.8) is 0 Å². The number of piperazine rings is 1. The van der Waals surface area contributed by atoms with E-state index in [1.807, 2.05) is 12.1 Å². The SMILES string of the molecule is O=C(c1csc(-c2ccc(Cl)cc2)n1)N1CCN(S(=O)(=O)C2CCS(=O)(=O)C2)CC1. The van der Waals surface area contributed by atoms with E-state index in [0.29, 0.717) is 15.7 Å². The molecule has 12 heteroatoms. The second-order valence-corrected chi connectivity index (χ2v) is 13.0. The van der Waals surface area contributed by atoms with Crippen molar-refractivity contribution in [2.45, 2.75) is 11.7 Å². The van der Waals surface area contributed by atoms with Gasteiger partial charge in [-0.1, -0.05) is 23.7 Å². The Morgan fingerprint density at radius 1 is 1.13 bits per heavy atom. The van der Waals surface area contributed by atoms with Crippen molar-refractivity contribution in [2.75, 3.05) is 37.7 Å². The van der Waals surface area contributed by atoms with Gasteiger partial charge >= 0.3 is 0 Å². The lowest BCUT2D eigenvalue weighted by molar-refractivity contribution is 0.0692. The van der Waals surface area contributed by atoms with Crippen LogP contribution in [0.15, 0.2) is 29.6 Å². The third-order valence-electron chi connectivity index (χ3n) is 5.31. The quantitative estimate of drug-likeness (QED) is 0.647. The summed E-state index contributed by atoms with van der Waals surface area (Å²) in [5.74, 6) is -0.650. The fourth-order valence-corrected chi connectivity index (χ4v) is 9.05. The molecular weight excluding hydrogens is 470 g/mol. The molecule has 30 heavy (non-hydrogen) atoms. The molecule has 0 saturated carbocycles. The third-order valence-corrected chi connectivity index (χ3v) is 10.8. The molecule has 4 rings (SSSR count). The first-order chi connectivity index (χ1) is 14.2. The van der Waals surface area contributed by atoms with Crippen LogP contribution in [0.1, 0.15) is 16.9 Å². The Morgan fingerprint density at radius 2 is 1.80 bits per heavy atom. The first kappa shape index (κ1) is 21.7. The average Bonchev–Trinajstić information content (AvgIpc) is 3.35. The van der Waals surface area contributed by atoms with Crippen LogP contribution in [0.25, 0.3) is 10.6 Å². The molecule has 0 spiro atoms. The molecule has 2 fully saturated rings. The van der Waals surface area contributed by atoms with E-state index in [1.54, 1.807) is 22.4 Å². The molecule has 3 heterocycles. The second-order valence-electron chi connectivity index (χ2n) is 7.31. The number of thiazole rings is 1. The lowest BCUT2D eigenvalue weighted by Crippen LogP contribution is -2.52. The highest BCUT2D eigenvalue weighted by Crippen LogP contribution is 2.27. The van der Waals surface area contributed by atoms with Gasteiger partial charge in [0.15, 0.2) is 9.84 Å². The van der Waals surface area contributed by atoms with Gasteiger partial charge in [-0.15, -0.1) is 11.3 Å². The van der Waals surface area contributed by atoms with Crippen molar-refractivity contribution in [2.24, 2.45) is 0 Å². The number of halogens is 1. The molecule has 2 aliphatic rings. The standard InChI is InChI=1S/C18H20ClN3O5S3/c19-14-3-1-13(2-4-14)17-20-16(11-28-17)18(23)21-6-8-22(9-7-21)30(26,27)15-5-10-29(24,25)12-15/h1-4,11,15H,5-10,12H2. The van der Waals surface area contributed by atoms with Crippen molar-refractivity contribution in [1.29, 1.82) is 0 Å². The first-order valence-corrected chi connectivity index (χ1v) is 13.9. The maximum atomic E-state index is 12.8. The monoisotopic (exact) mass is 489 g/mol. The zero-order valence-corrected chi connectivity index (χ0v) is 19.1. The van der Waals surface area contributed by atoms with Crippen molar-refractivity contribution < 1.29 is 21.6 Å². The predicted octanol–water partition coefficient (Wildman–Crippen LogP) is 1.74. The molecule has 1 unspecified atom stereocenters. The van der Waals surface area contributed by atoms with Gasteiger partial charge in [-0.3, -0.25) is 4.79 Å². The molecule has 1 atom stereocenters. The first-order valence-electron chi connectivity index (χ1n) is 9.36. The Morgan fingerprint density at radius 3 is 2.40 bits per heavy atom. The summed E-state index contributed by atoms with van der Waals surface area (Å²) in [6.07, 6.45) is 0.135. The highest BCUT2D eigenvalue weighted by molar-refractivity contribution is 7.95. The number of carbonyl (C=O) groups is 1. The maximum Gasteiger partial charge on any atom is 0.273 e. The Hall–Kier alpha value is -1.53. The van der Waals surface area contributed by atoms with Crippen LogP contribution in [-0.4, -0.2) is 79.9 Å². The van der Waals surface area contributed by atoms with E-state index in [4.69, 9.17) is 11.6 Å². The molecule has 8 nitrogen and oxygen atoms in total. The number of rotatable bonds is 4. The van der Waals surface area contributed by atoms with Crippen LogP contribution in [-0.2, 0) is 19.9 Å². The molecule has 2 aromatic rings. The molecule has 1 amide bonds. The van der Waals surface area contributed by atoms with Gasteiger partial charge in [0.05, 0.1) is 16.8 Å². The largest absolute Gasteiger partial charge is 0.335 e. The average molecular weight is 490 g/mol. The molecule has 0 bridgehead atoms. The van der Waals surface area contributed by atoms with Gasteiger partial charge in [0.2, 0.25) is 10.0 Å². The van der Waals surface area contributed by atoms with E-state index in [0.717, 1.165) is 5.56 Å². The number of hydrogen-bond acceptors (Lipinski definition) is 7. The Balaban J connectivity index is 1.40. The fraction of sp³-hybridized carbons (Fsp3) is 0.444. The summed E-state index contributed by atoms with van der Waals surface area (Å²) in [4.78, 5) is 18.8. The van der Waals surface area contributed by atoms with Gasteiger partial charge in [-0.2, -0.15) is 4.31 Å². The molecule has 0 radical (unpaired) electrons. The molecule has 0 aliphatic carbocycles. The highest BCUT2D eigenvalue weighted by atomic mass is 35.5. The zero-order valence-electron chi connectivity index (χ0n) is 15.9. The van der Waals surface area contributed by atoms with E-state index < -0.39 is 25.1 Å². The number of amides is 1.